The molecule has 0 heterocycles. The van der Waals surface area contributed by atoms with Crippen LogP contribution >= 0.6 is 12.6 Å². The van der Waals surface area contributed by atoms with Crippen molar-refractivity contribution < 1.29 is 12.6 Å². The van der Waals surface area contributed by atoms with Gasteiger partial charge in [-0.1, -0.05) is 0 Å². The van der Waals surface area contributed by atoms with Crippen molar-refractivity contribution in [2.45, 2.75) is 19.6 Å². The predicted molar refractivity (Wildman–Crippen MR) is 76.4 cm³/mol. The second-order valence-electron chi connectivity index (χ2n) is 3.13. The minimum absolute atomic E-state index is 0. The van der Waals surface area contributed by atoms with E-state index in [1.165, 1.54) is 18.8 Å². The first-order valence-electron chi connectivity index (χ1n) is 4.22. The van der Waals surface area contributed by atoms with E-state index in [1.807, 2.05) is 0 Å². The Morgan fingerprint density at radius 2 is 1.24 bits per heavy atom. The molecule has 0 saturated heterocycles. The van der Waals surface area contributed by atoms with E-state index in [4.69, 9.17) is 0 Å². The van der Waals surface area contributed by atoms with E-state index in [2.05, 4.69) is 12.6 Å². The normalized spacial score (nSPS) is 15.8. The number of benzene rings is 1. The van der Waals surface area contributed by atoms with Crippen LogP contribution in [0.2, 0.25) is 0 Å². The van der Waals surface area contributed by atoms with Crippen LogP contribution in [0.4, 0.5) is 0 Å². The number of hydrogen-bond donors (Lipinski definition) is 1. The molecule has 0 spiro atoms. The van der Waals surface area contributed by atoms with Gasteiger partial charge >= 0.3 is 0 Å². The Bertz CT molecular complexity index is 466. The fraction of sp³-hybridized carbons (Fsp3) is 0.333. The molecule has 1 aromatic rings. The maximum Gasteiger partial charge on any atom is 0.0542 e. The molecule has 1 aromatic carbocycles. The number of rotatable bonds is 3. The molecule has 0 aliphatic heterocycles. The van der Waals surface area contributed by atoms with Crippen LogP contribution in [-0.4, -0.2) is 61.0 Å². The van der Waals surface area contributed by atoms with E-state index in [0.29, 0.717) is 19.6 Å². The molecular weight excluding hydrogens is 307 g/mol. The average Bonchev–Trinajstić information content (AvgIpc) is 2.16. The van der Waals surface area contributed by atoms with Gasteiger partial charge in [-0.15, -0.1) is 12.6 Å². The van der Waals surface area contributed by atoms with E-state index in [9.17, 15) is 12.6 Å². The zero-order valence-corrected chi connectivity index (χ0v) is 15.4. The second kappa shape index (κ2) is 7.57. The Kier molecular flexibility index (Phi) is 8.02. The summed E-state index contributed by atoms with van der Waals surface area (Å²) in [6.45, 7) is 0. The maximum absolute atomic E-state index is 11.5. The van der Waals surface area contributed by atoms with Crippen molar-refractivity contribution in [3.05, 3.63) is 12.1 Å². The third-order valence-corrected chi connectivity index (χ3v) is 5.53. The topological polar surface area (TPSA) is 51.2 Å². The van der Waals surface area contributed by atoms with Crippen LogP contribution < -0.4 is 0 Å². The summed E-state index contributed by atoms with van der Waals surface area (Å²) in [4.78, 5) is 1.92. The maximum atomic E-state index is 11.5. The first kappa shape index (κ1) is 18.0. The van der Waals surface area contributed by atoms with Gasteiger partial charge in [-0.3, -0.25) is 12.6 Å². The molecule has 0 aliphatic carbocycles. The van der Waals surface area contributed by atoms with Crippen molar-refractivity contribution in [3.63, 3.8) is 0 Å². The summed E-state index contributed by atoms with van der Waals surface area (Å²) < 4.78 is 34.4. The molecule has 1 rings (SSSR count). The summed E-state index contributed by atoms with van der Waals surface area (Å²) in [7, 11) is -3.67. The Labute approximate surface area is 136 Å². The van der Waals surface area contributed by atoms with Gasteiger partial charge in [0, 0.05) is 68.9 Å². The molecular formula is C9H12NaO3S4. The van der Waals surface area contributed by atoms with Crippen LogP contribution in [0.1, 0.15) is 0 Å². The van der Waals surface area contributed by atoms with Gasteiger partial charge in [-0.05, 0) is 12.1 Å². The third-order valence-electron chi connectivity index (χ3n) is 1.96. The SMILES string of the molecule is CS(=O)c1cc(S(C)=O)c(S)c(S(C)=O)c1.[Na]. The van der Waals surface area contributed by atoms with E-state index >= 15 is 0 Å². The number of hydrogen-bond acceptors (Lipinski definition) is 4. The van der Waals surface area contributed by atoms with Gasteiger partial charge in [0.15, 0.2) is 0 Å². The predicted octanol–water partition coefficient (Wildman–Crippen LogP) is 0.807. The van der Waals surface area contributed by atoms with Gasteiger partial charge < -0.3 is 0 Å². The van der Waals surface area contributed by atoms with E-state index < -0.39 is 32.4 Å². The zero-order chi connectivity index (χ0) is 12.5. The molecule has 0 fully saturated rings. The summed E-state index contributed by atoms with van der Waals surface area (Å²) in [5.41, 5.74) is 0. The molecule has 0 N–H and O–H groups in total. The summed E-state index contributed by atoms with van der Waals surface area (Å²) in [6, 6.07) is 3.18. The van der Waals surface area contributed by atoms with Crippen LogP contribution in [0, 0.1) is 0 Å². The van der Waals surface area contributed by atoms with E-state index in [1.54, 1.807) is 12.1 Å². The van der Waals surface area contributed by atoms with Crippen molar-refractivity contribution in [2.24, 2.45) is 0 Å². The molecule has 3 atom stereocenters. The first-order valence-corrected chi connectivity index (χ1v) is 9.34. The van der Waals surface area contributed by atoms with Crippen molar-refractivity contribution in [1.29, 1.82) is 0 Å². The fourth-order valence-corrected chi connectivity index (χ4v) is 4.19. The summed E-state index contributed by atoms with van der Waals surface area (Å²) in [5, 5.41) is 0. The molecule has 17 heavy (non-hydrogen) atoms. The molecule has 3 unspecified atom stereocenters. The second-order valence-corrected chi connectivity index (χ2v) is 7.65. The summed E-state index contributed by atoms with van der Waals surface area (Å²) >= 11 is 4.22. The molecule has 0 aliphatic rings. The van der Waals surface area contributed by atoms with Crippen molar-refractivity contribution in [2.75, 3.05) is 18.8 Å². The Morgan fingerprint density at radius 3 is 1.47 bits per heavy atom. The average molecular weight is 319 g/mol. The monoisotopic (exact) mass is 319 g/mol. The molecule has 8 heteroatoms. The van der Waals surface area contributed by atoms with E-state index in [-0.39, 0.29) is 29.6 Å². The Balaban J connectivity index is 0.00000256. The largest absolute Gasteiger partial charge is 0.255 e. The van der Waals surface area contributed by atoms with Crippen LogP contribution in [0.3, 0.4) is 0 Å². The van der Waals surface area contributed by atoms with E-state index in [0.717, 1.165) is 0 Å². The van der Waals surface area contributed by atoms with Crippen molar-refractivity contribution >= 4 is 74.6 Å². The molecule has 0 bridgehead atoms. The quantitative estimate of drug-likeness (QED) is 0.662. The van der Waals surface area contributed by atoms with Gasteiger partial charge in [-0.25, -0.2) is 0 Å². The Morgan fingerprint density at radius 1 is 0.882 bits per heavy atom. The smallest absolute Gasteiger partial charge is 0.0542 e. The Hall–Kier alpha value is 1.02. The summed E-state index contributed by atoms with van der Waals surface area (Å²) in [5.74, 6) is 0. The van der Waals surface area contributed by atoms with Gasteiger partial charge in [0.25, 0.3) is 0 Å². The van der Waals surface area contributed by atoms with Gasteiger partial charge in [0.05, 0.1) is 31.4 Å². The zero-order valence-electron chi connectivity index (χ0n) is 10.1. The molecule has 1 radical (unpaired) electrons. The molecule has 0 amide bonds. The molecule has 3 nitrogen and oxygen atoms in total. The van der Waals surface area contributed by atoms with Gasteiger partial charge in [0.1, 0.15) is 0 Å². The fourth-order valence-electron chi connectivity index (χ4n) is 1.16. The van der Waals surface area contributed by atoms with Gasteiger partial charge in [0.2, 0.25) is 0 Å². The standard InChI is InChI=1S/C9H12O3S4.Na/c1-14(10)6-4-7(15(2)11)9(13)8(5-6)16(3)12;/h4-5,13H,1-3H3;. The van der Waals surface area contributed by atoms with Gasteiger partial charge in [-0.2, -0.15) is 0 Å². The van der Waals surface area contributed by atoms with Crippen LogP contribution in [-0.2, 0) is 32.4 Å². The summed E-state index contributed by atoms with van der Waals surface area (Å²) in [6.07, 6.45) is 4.55. The molecule has 0 saturated carbocycles. The molecule has 0 aromatic heterocycles. The third kappa shape index (κ3) is 4.56. The minimum Gasteiger partial charge on any atom is -0.255 e. The first-order chi connectivity index (χ1) is 7.34. The van der Waals surface area contributed by atoms with Crippen LogP contribution in [0.5, 0.6) is 0 Å². The van der Waals surface area contributed by atoms with Crippen molar-refractivity contribution in [1.82, 2.24) is 0 Å². The minimum atomic E-state index is -1.24. The molecule has 91 valence electrons. The number of thiol groups is 1. The van der Waals surface area contributed by atoms with Crippen LogP contribution in [0.25, 0.3) is 0 Å². The van der Waals surface area contributed by atoms with Crippen molar-refractivity contribution in [3.8, 4) is 0 Å². The van der Waals surface area contributed by atoms with Crippen LogP contribution in [0.15, 0.2) is 31.7 Å².